The smallest absolute Gasteiger partial charge is 0.270 e. The van der Waals surface area contributed by atoms with Crippen molar-refractivity contribution in [1.29, 1.82) is 0 Å². The number of hydrogen-bond donors (Lipinski definition) is 1. The number of carbonyl (C=O) groups is 1. The Bertz CT molecular complexity index is 993. The number of pyridine rings is 1. The molecule has 140 valence electrons. The van der Waals surface area contributed by atoms with E-state index in [0.717, 1.165) is 30.1 Å². The monoisotopic (exact) mass is 364 g/mol. The van der Waals surface area contributed by atoms with E-state index in [9.17, 15) is 4.79 Å². The van der Waals surface area contributed by atoms with Crippen LogP contribution in [0.4, 0.5) is 0 Å². The zero-order chi connectivity index (χ0) is 19.0. The number of nitrogens with zero attached hydrogens (tertiary/aromatic N) is 3. The normalized spacial score (nSPS) is 14.2. The molecule has 0 aliphatic carbocycles. The molecular weight excluding hydrogens is 340 g/mol. The van der Waals surface area contributed by atoms with E-state index in [0.29, 0.717) is 12.2 Å². The molecule has 6 heteroatoms. The van der Waals surface area contributed by atoms with Gasteiger partial charge < -0.3 is 15.0 Å². The van der Waals surface area contributed by atoms with E-state index in [1.807, 2.05) is 55.9 Å². The number of hydrogen-bond acceptors (Lipinski definition) is 4. The highest BCUT2D eigenvalue weighted by Crippen LogP contribution is 2.29. The standard InChI is InChI=1S/C21H24N4O2/c1-14-20(25-10-5-4-6-19(25)23-14)21(26)22-13-17(24(2)3)15-7-8-18-16(12-15)9-11-27-18/h4-8,10,12,17H,9,11,13H2,1-3H3,(H,22,26)/t17-/m1/s1. The lowest BCUT2D eigenvalue weighted by molar-refractivity contribution is 0.0935. The second-order valence-corrected chi connectivity index (χ2v) is 7.13. The highest BCUT2D eigenvalue weighted by Gasteiger charge is 2.21. The summed E-state index contributed by atoms with van der Waals surface area (Å²) in [7, 11) is 4.06. The van der Waals surface area contributed by atoms with E-state index < -0.39 is 0 Å². The second-order valence-electron chi connectivity index (χ2n) is 7.13. The third-order valence-corrected chi connectivity index (χ3v) is 5.10. The molecule has 1 atom stereocenters. The molecule has 4 rings (SSSR count). The number of rotatable bonds is 5. The maximum Gasteiger partial charge on any atom is 0.270 e. The van der Waals surface area contributed by atoms with E-state index in [4.69, 9.17) is 4.74 Å². The Hall–Kier alpha value is -2.86. The third kappa shape index (κ3) is 3.28. The van der Waals surface area contributed by atoms with Crippen LogP contribution in [0.15, 0.2) is 42.6 Å². The van der Waals surface area contributed by atoms with Crippen LogP contribution in [0.3, 0.4) is 0 Å². The molecule has 1 aliphatic rings. The lowest BCUT2D eigenvalue weighted by Gasteiger charge is -2.25. The minimum atomic E-state index is -0.109. The fraction of sp³-hybridized carbons (Fsp3) is 0.333. The number of carbonyl (C=O) groups excluding carboxylic acids is 1. The number of ether oxygens (including phenoxy) is 1. The van der Waals surface area contributed by atoms with Crippen LogP contribution in [0, 0.1) is 6.92 Å². The Kier molecular flexibility index (Phi) is 4.58. The van der Waals surface area contributed by atoms with Crippen molar-refractivity contribution in [3.8, 4) is 5.75 Å². The van der Waals surface area contributed by atoms with Gasteiger partial charge in [-0.2, -0.15) is 0 Å². The van der Waals surface area contributed by atoms with Crippen molar-refractivity contribution in [2.75, 3.05) is 27.2 Å². The average molecular weight is 364 g/mol. The van der Waals surface area contributed by atoms with Gasteiger partial charge in [0.25, 0.3) is 5.91 Å². The molecule has 1 aliphatic heterocycles. The number of aryl methyl sites for hydroxylation is 1. The van der Waals surface area contributed by atoms with Crippen molar-refractivity contribution >= 4 is 11.6 Å². The number of fused-ring (bicyclic) bond motifs is 2. The molecule has 1 amide bonds. The van der Waals surface area contributed by atoms with E-state index in [1.54, 1.807) is 0 Å². The fourth-order valence-corrected chi connectivity index (χ4v) is 3.67. The van der Waals surface area contributed by atoms with Crippen LogP contribution in [0.25, 0.3) is 5.65 Å². The van der Waals surface area contributed by atoms with Crippen molar-refractivity contribution in [2.24, 2.45) is 0 Å². The zero-order valence-corrected chi connectivity index (χ0v) is 15.9. The maximum atomic E-state index is 12.9. The van der Waals surface area contributed by atoms with E-state index >= 15 is 0 Å². The molecule has 0 saturated carbocycles. The predicted octanol–water partition coefficient (Wildman–Crippen LogP) is 2.61. The van der Waals surface area contributed by atoms with Gasteiger partial charge >= 0.3 is 0 Å². The predicted molar refractivity (Wildman–Crippen MR) is 104 cm³/mol. The quantitative estimate of drug-likeness (QED) is 0.756. The lowest BCUT2D eigenvalue weighted by atomic mass is 10.0. The molecule has 1 aromatic carbocycles. The van der Waals surface area contributed by atoms with E-state index in [2.05, 4.69) is 27.3 Å². The van der Waals surface area contributed by atoms with Crippen LogP contribution in [-0.4, -0.2) is 47.4 Å². The summed E-state index contributed by atoms with van der Waals surface area (Å²) in [5.41, 5.74) is 4.52. The van der Waals surface area contributed by atoms with E-state index in [1.165, 1.54) is 11.1 Å². The van der Waals surface area contributed by atoms with Gasteiger partial charge in [0.05, 0.1) is 18.3 Å². The van der Waals surface area contributed by atoms with Crippen LogP contribution in [-0.2, 0) is 6.42 Å². The molecule has 0 fully saturated rings. The van der Waals surface area contributed by atoms with Crippen LogP contribution in [0.2, 0.25) is 0 Å². The Morgan fingerprint density at radius 3 is 3.00 bits per heavy atom. The van der Waals surface area contributed by atoms with Crippen molar-refractivity contribution < 1.29 is 9.53 Å². The molecule has 0 bridgehead atoms. The molecule has 2 aromatic heterocycles. The molecule has 0 spiro atoms. The summed E-state index contributed by atoms with van der Waals surface area (Å²) in [6.45, 7) is 3.13. The SMILES string of the molecule is Cc1nc2ccccn2c1C(=O)NC[C@H](c1ccc2c(c1)CCO2)N(C)C. The number of nitrogens with one attached hydrogen (secondary N) is 1. The van der Waals surface area contributed by atoms with Gasteiger partial charge in [-0.1, -0.05) is 18.2 Å². The largest absolute Gasteiger partial charge is 0.493 e. The van der Waals surface area contributed by atoms with Gasteiger partial charge in [0.2, 0.25) is 0 Å². The third-order valence-electron chi connectivity index (χ3n) is 5.10. The summed E-state index contributed by atoms with van der Waals surface area (Å²) in [4.78, 5) is 19.5. The Morgan fingerprint density at radius 2 is 2.19 bits per heavy atom. The Morgan fingerprint density at radius 1 is 1.33 bits per heavy atom. The van der Waals surface area contributed by atoms with Gasteiger partial charge in [-0.15, -0.1) is 0 Å². The van der Waals surface area contributed by atoms with Gasteiger partial charge in [0, 0.05) is 19.2 Å². The molecule has 0 radical (unpaired) electrons. The lowest BCUT2D eigenvalue weighted by Crippen LogP contribution is -2.35. The number of aromatic nitrogens is 2. The number of amides is 1. The van der Waals surface area contributed by atoms with Crippen LogP contribution >= 0.6 is 0 Å². The number of imidazole rings is 1. The summed E-state index contributed by atoms with van der Waals surface area (Å²) in [6.07, 6.45) is 2.81. The van der Waals surface area contributed by atoms with Gasteiger partial charge in [0.1, 0.15) is 17.1 Å². The minimum Gasteiger partial charge on any atom is -0.493 e. The molecule has 3 aromatic rings. The molecular formula is C21H24N4O2. The molecule has 27 heavy (non-hydrogen) atoms. The number of likely N-dealkylation sites (N-methyl/N-ethyl adjacent to an activating group) is 1. The molecule has 3 heterocycles. The summed E-state index contributed by atoms with van der Waals surface area (Å²) < 4.78 is 7.44. The Labute approximate surface area is 158 Å². The average Bonchev–Trinajstić information content (AvgIpc) is 3.24. The summed E-state index contributed by atoms with van der Waals surface area (Å²) >= 11 is 0. The molecule has 0 saturated heterocycles. The van der Waals surface area contributed by atoms with E-state index in [-0.39, 0.29) is 11.9 Å². The van der Waals surface area contributed by atoms with Crippen molar-refractivity contribution in [3.05, 3.63) is 65.1 Å². The van der Waals surface area contributed by atoms with Crippen LogP contribution < -0.4 is 10.1 Å². The first-order chi connectivity index (χ1) is 13.0. The molecule has 6 nitrogen and oxygen atoms in total. The summed E-state index contributed by atoms with van der Waals surface area (Å²) in [5, 5.41) is 3.09. The van der Waals surface area contributed by atoms with Crippen molar-refractivity contribution in [3.63, 3.8) is 0 Å². The fourth-order valence-electron chi connectivity index (χ4n) is 3.67. The Balaban J connectivity index is 1.54. The summed E-state index contributed by atoms with van der Waals surface area (Å²) in [6, 6.07) is 12.1. The summed E-state index contributed by atoms with van der Waals surface area (Å²) in [5.74, 6) is 0.865. The zero-order valence-electron chi connectivity index (χ0n) is 15.9. The van der Waals surface area contributed by atoms with Crippen LogP contribution in [0.5, 0.6) is 5.75 Å². The van der Waals surface area contributed by atoms with Gasteiger partial charge in [-0.25, -0.2) is 4.98 Å². The van der Waals surface area contributed by atoms with Gasteiger partial charge in [0.15, 0.2) is 0 Å². The number of benzene rings is 1. The van der Waals surface area contributed by atoms with Crippen molar-refractivity contribution in [1.82, 2.24) is 19.6 Å². The second kappa shape index (κ2) is 7.04. The van der Waals surface area contributed by atoms with Gasteiger partial charge in [-0.05, 0) is 50.3 Å². The highest BCUT2D eigenvalue weighted by molar-refractivity contribution is 5.94. The first kappa shape index (κ1) is 17.5. The molecule has 0 unspecified atom stereocenters. The first-order valence-corrected chi connectivity index (χ1v) is 9.18. The molecule has 1 N–H and O–H groups in total. The minimum absolute atomic E-state index is 0.0827. The first-order valence-electron chi connectivity index (χ1n) is 9.18. The van der Waals surface area contributed by atoms with Gasteiger partial charge in [-0.3, -0.25) is 9.20 Å². The van der Waals surface area contributed by atoms with Crippen LogP contribution in [0.1, 0.15) is 33.4 Å². The highest BCUT2D eigenvalue weighted by atomic mass is 16.5. The topological polar surface area (TPSA) is 58.9 Å². The maximum absolute atomic E-state index is 12.9. The van der Waals surface area contributed by atoms with Crippen molar-refractivity contribution in [2.45, 2.75) is 19.4 Å².